The van der Waals surface area contributed by atoms with E-state index >= 15 is 0 Å². The van der Waals surface area contributed by atoms with Crippen LogP contribution in [0.2, 0.25) is 0 Å². The molecule has 0 saturated heterocycles. The van der Waals surface area contributed by atoms with Crippen LogP contribution in [0.15, 0.2) is 24.3 Å². The van der Waals surface area contributed by atoms with E-state index in [1.54, 1.807) is 0 Å². The summed E-state index contributed by atoms with van der Waals surface area (Å²) in [5.41, 5.74) is 8.89. The van der Waals surface area contributed by atoms with Crippen LogP contribution in [0.4, 0.5) is 5.69 Å². The zero-order chi connectivity index (χ0) is 13.1. The second-order valence-corrected chi connectivity index (χ2v) is 5.76. The summed E-state index contributed by atoms with van der Waals surface area (Å²) in [5.74, 6) is 0.901. The second kappa shape index (κ2) is 5.75. The third-order valence-corrected chi connectivity index (χ3v) is 3.86. The first-order chi connectivity index (χ1) is 8.63. The van der Waals surface area contributed by atoms with Gasteiger partial charge in [-0.05, 0) is 50.7 Å². The highest BCUT2D eigenvalue weighted by atomic mass is 15.2. The number of nitrogens with two attached hydrogens (primary N) is 1. The molecule has 0 aliphatic heterocycles. The van der Waals surface area contributed by atoms with Gasteiger partial charge >= 0.3 is 0 Å². The van der Waals surface area contributed by atoms with E-state index in [9.17, 15) is 0 Å². The van der Waals surface area contributed by atoms with Crippen LogP contribution in [0.5, 0.6) is 0 Å². The smallest absolute Gasteiger partial charge is 0.0417 e. The minimum Gasteiger partial charge on any atom is -0.369 e. The van der Waals surface area contributed by atoms with Crippen LogP contribution in [-0.2, 0) is 0 Å². The molecule has 1 atom stereocenters. The van der Waals surface area contributed by atoms with Crippen molar-refractivity contribution in [1.29, 1.82) is 0 Å². The number of anilines is 1. The fourth-order valence-corrected chi connectivity index (χ4v) is 2.45. The molecule has 1 aromatic rings. The molecule has 18 heavy (non-hydrogen) atoms. The molecule has 1 aromatic carbocycles. The topological polar surface area (TPSA) is 29.3 Å². The third-order valence-electron chi connectivity index (χ3n) is 3.86. The number of hydrogen-bond donors (Lipinski definition) is 1. The van der Waals surface area contributed by atoms with E-state index in [-0.39, 0.29) is 6.04 Å². The first-order valence-corrected chi connectivity index (χ1v) is 7.24. The molecule has 0 amide bonds. The Bertz CT molecular complexity index is 382. The molecule has 1 fully saturated rings. The van der Waals surface area contributed by atoms with E-state index in [1.165, 1.54) is 30.6 Å². The van der Waals surface area contributed by atoms with Crippen molar-refractivity contribution in [3.8, 4) is 0 Å². The van der Waals surface area contributed by atoms with Crippen LogP contribution >= 0.6 is 0 Å². The largest absolute Gasteiger partial charge is 0.369 e. The van der Waals surface area contributed by atoms with E-state index in [2.05, 4.69) is 49.9 Å². The standard InChI is InChI=1S/C16H26N2/c1-4-15(17)14-7-5-6-8-16(14)18(12(2)3)11-13-9-10-13/h5-8,12-13,15H,4,9-11,17H2,1-3H3/t15-/m1/s1. The Labute approximate surface area is 111 Å². The highest BCUT2D eigenvalue weighted by Gasteiger charge is 2.27. The molecule has 2 rings (SSSR count). The maximum Gasteiger partial charge on any atom is 0.0417 e. The fourth-order valence-electron chi connectivity index (χ4n) is 2.45. The molecule has 0 radical (unpaired) electrons. The van der Waals surface area contributed by atoms with Crippen molar-refractivity contribution in [1.82, 2.24) is 0 Å². The lowest BCUT2D eigenvalue weighted by Crippen LogP contribution is -2.34. The Hall–Kier alpha value is -1.02. The Morgan fingerprint density at radius 2 is 1.94 bits per heavy atom. The molecule has 1 aliphatic rings. The van der Waals surface area contributed by atoms with Gasteiger partial charge in [0.05, 0.1) is 0 Å². The van der Waals surface area contributed by atoms with Crippen LogP contribution in [0, 0.1) is 5.92 Å². The molecule has 1 aliphatic carbocycles. The zero-order valence-electron chi connectivity index (χ0n) is 11.9. The SMILES string of the molecule is CC[C@@H](N)c1ccccc1N(CC1CC1)C(C)C. The van der Waals surface area contributed by atoms with Gasteiger partial charge in [0, 0.05) is 24.3 Å². The molecule has 0 heterocycles. The number of hydrogen-bond acceptors (Lipinski definition) is 2. The fraction of sp³-hybridized carbons (Fsp3) is 0.625. The number of benzene rings is 1. The average molecular weight is 246 g/mol. The molecule has 2 heteroatoms. The molecule has 2 nitrogen and oxygen atoms in total. The number of para-hydroxylation sites is 1. The quantitative estimate of drug-likeness (QED) is 0.829. The van der Waals surface area contributed by atoms with E-state index in [1.807, 2.05) is 0 Å². The van der Waals surface area contributed by atoms with Gasteiger partial charge in [-0.2, -0.15) is 0 Å². The van der Waals surface area contributed by atoms with Gasteiger partial charge in [0.2, 0.25) is 0 Å². The van der Waals surface area contributed by atoms with E-state index in [4.69, 9.17) is 5.73 Å². The summed E-state index contributed by atoms with van der Waals surface area (Å²) in [4.78, 5) is 2.53. The van der Waals surface area contributed by atoms with Gasteiger partial charge in [-0.1, -0.05) is 25.1 Å². The lowest BCUT2D eigenvalue weighted by molar-refractivity contribution is 0.629. The van der Waals surface area contributed by atoms with Gasteiger partial charge in [-0.15, -0.1) is 0 Å². The molecule has 2 N–H and O–H groups in total. The number of nitrogens with zero attached hydrogens (tertiary/aromatic N) is 1. The third kappa shape index (κ3) is 3.05. The molecule has 0 bridgehead atoms. The molecular formula is C16H26N2. The van der Waals surface area contributed by atoms with E-state index in [0.717, 1.165) is 12.3 Å². The molecule has 100 valence electrons. The molecule has 1 saturated carbocycles. The van der Waals surface area contributed by atoms with Crippen molar-refractivity contribution in [2.24, 2.45) is 11.7 Å². The minimum atomic E-state index is 0.154. The van der Waals surface area contributed by atoms with Crippen molar-refractivity contribution in [2.75, 3.05) is 11.4 Å². The Balaban J connectivity index is 2.27. The van der Waals surface area contributed by atoms with Crippen LogP contribution < -0.4 is 10.6 Å². The average Bonchev–Trinajstić information content (AvgIpc) is 3.18. The second-order valence-electron chi connectivity index (χ2n) is 5.76. The summed E-state index contributed by atoms with van der Waals surface area (Å²) < 4.78 is 0. The van der Waals surface area contributed by atoms with Crippen LogP contribution in [0.1, 0.15) is 51.6 Å². The van der Waals surface area contributed by atoms with Gasteiger partial charge < -0.3 is 10.6 Å². The predicted molar refractivity (Wildman–Crippen MR) is 78.9 cm³/mol. The minimum absolute atomic E-state index is 0.154. The van der Waals surface area contributed by atoms with Crippen molar-refractivity contribution < 1.29 is 0 Å². The summed E-state index contributed by atoms with van der Waals surface area (Å²) in [6.45, 7) is 7.89. The Kier molecular flexibility index (Phi) is 4.28. The highest BCUT2D eigenvalue weighted by molar-refractivity contribution is 5.55. The summed E-state index contributed by atoms with van der Waals surface area (Å²) >= 11 is 0. The summed E-state index contributed by atoms with van der Waals surface area (Å²) in [5, 5.41) is 0. The summed E-state index contributed by atoms with van der Waals surface area (Å²) in [6.07, 6.45) is 3.78. The maximum absolute atomic E-state index is 6.25. The summed E-state index contributed by atoms with van der Waals surface area (Å²) in [6, 6.07) is 9.34. The lowest BCUT2D eigenvalue weighted by Gasteiger charge is -2.32. The Morgan fingerprint density at radius 3 is 2.50 bits per heavy atom. The van der Waals surface area contributed by atoms with Crippen LogP contribution in [-0.4, -0.2) is 12.6 Å². The Morgan fingerprint density at radius 1 is 1.28 bits per heavy atom. The van der Waals surface area contributed by atoms with Crippen molar-refractivity contribution in [3.05, 3.63) is 29.8 Å². The van der Waals surface area contributed by atoms with Crippen LogP contribution in [0.25, 0.3) is 0 Å². The van der Waals surface area contributed by atoms with Gasteiger partial charge in [-0.3, -0.25) is 0 Å². The monoisotopic (exact) mass is 246 g/mol. The van der Waals surface area contributed by atoms with Crippen molar-refractivity contribution in [2.45, 2.75) is 52.1 Å². The van der Waals surface area contributed by atoms with E-state index in [0.29, 0.717) is 6.04 Å². The molecular weight excluding hydrogens is 220 g/mol. The van der Waals surface area contributed by atoms with E-state index < -0.39 is 0 Å². The van der Waals surface area contributed by atoms with Gasteiger partial charge in [0.1, 0.15) is 0 Å². The maximum atomic E-state index is 6.25. The molecule has 0 spiro atoms. The first-order valence-electron chi connectivity index (χ1n) is 7.24. The van der Waals surface area contributed by atoms with Crippen molar-refractivity contribution >= 4 is 5.69 Å². The van der Waals surface area contributed by atoms with Gasteiger partial charge in [-0.25, -0.2) is 0 Å². The normalized spacial score (nSPS) is 16.9. The molecule has 0 aromatic heterocycles. The van der Waals surface area contributed by atoms with Gasteiger partial charge in [0.15, 0.2) is 0 Å². The predicted octanol–water partition coefficient (Wildman–Crippen LogP) is 3.72. The van der Waals surface area contributed by atoms with Crippen molar-refractivity contribution in [3.63, 3.8) is 0 Å². The number of rotatable bonds is 6. The molecule has 0 unspecified atom stereocenters. The first kappa shape index (κ1) is 13.4. The lowest BCUT2D eigenvalue weighted by atomic mass is 10.0. The highest BCUT2D eigenvalue weighted by Crippen LogP contribution is 2.34. The van der Waals surface area contributed by atoms with Gasteiger partial charge in [0.25, 0.3) is 0 Å². The summed E-state index contributed by atoms with van der Waals surface area (Å²) in [7, 11) is 0. The van der Waals surface area contributed by atoms with Crippen LogP contribution in [0.3, 0.4) is 0 Å². The zero-order valence-corrected chi connectivity index (χ0v) is 11.9.